The summed E-state index contributed by atoms with van der Waals surface area (Å²) in [6.07, 6.45) is 3.63. The van der Waals surface area contributed by atoms with Crippen molar-refractivity contribution in [1.82, 2.24) is 14.8 Å². The van der Waals surface area contributed by atoms with Gasteiger partial charge in [0.2, 0.25) is 0 Å². The molecule has 0 aliphatic carbocycles. The van der Waals surface area contributed by atoms with Gasteiger partial charge in [-0.1, -0.05) is 6.07 Å². The molecule has 0 saturated carbocycles. The van der Waals surface area contributed by atoms with E-state index in [4.69, 9.17) is 14.5 Å². The van der Waals surface area contributed by atoms with Crippen LogP contribution in [0.25, 0.3) is 0 Å². The maximum atomic E-state index is 6.05. The van der Waals surface area contributed by atoms with Crippen LogP contribution in [0.4, 0.5) is 0 Å². The SMILES string of the molecule is Cc1cccc(CN2CCOC[C@]3(CCN(C4CCOCC4)C3)C2)n1. The molecule has 0 amide bonds. The first-order chi connectivity index (χ1) is 12.2. The number of ether oxygens (including phenoxy) is 2. The van der Waals surface area contributed by atoms with Crippen molar-refractivity contribution >= 4 is 0 Å². The van der Waals surface area contributed by atoms with Gasteiger partial charge in [0.15, 0.2) is 0 Å². The van der Waals surface area contributed by atoms with E-state index in [-0.39, 0.29) is 0 Å². The average molecular weight is 345 g/mol. The molecule has 4 rings (SSSR count). The molecule has 3 aliphatic heterocycles. The maximum Gasteiger partial charge on any atom is 0.0593 e. The number of hydrogen-bond donors (Lipinski definition) is 0. The lowest BCUT2D eigenvalue weighted by Crippen LogP contribution is -2.43. The van der Waals surface area contributed by atoms with E-state index < -0.39 is 0 Å². The minimum Gasteiger partial charge on any atom is -0.381 e. The van der Waals surface area contributed by atoms with E-state index in [0.717, 1.165) is 51.8 Å². The number of nitrogens with zero attached hydrogens (tertiary/aromatic N) is 3. The molecule has 0 N–H and O–H groups in total. The lowest BCUT2D eigenvalue weighted by Gasteiger charge is -2.35. The summed E-state index contributed by atoms with van der Waals surface area (Å²) in [4.78, 5) is 9.96. The summed E-state index contributed by atoms with van der Waals surface area (Å²) in [6.45, 7) is 11.1. The molecule has 4 heterocycles. The van der Waals surface area contributed by atoms with Gasteiger partial charge in [-0.15, -0.1) is 0 Å². The summed E-state index contributed by atoms with van der Waals surface area (Å²) in [5.74, 6) is 0. The highest BCUT2D eigenvalue weighted by atomic mass is 16.5. The second-order valence-corrected chi connectivity index (χ2v) is 8.10. The normalized spacial score (nSPS) is 30.0. The highest BCUT2D eigenvalue weighted by Crippen LogP contribution is 2.36. The molecule has 3 fully saturated rings. The Hall–Kier alpha value is -1.01. The highest BCUT2D eigenvalue weighted by molar-refractivity contribution is 5.10. The van der Waals surface area contributed by atoms with E-state index in [1.54, 1.807) is 0 Å². The van der Waals surface area contributed by atoms with Gasteiger partial charge >= 0.3 is 0 Å². The Balaban J connectivity index is 1.41. The smallest absolute Gasteiger partial charge is 0.0593 e. The first-order valence-corrected chi connectivity index (χ1v) is 9.77. The maximum absolute atomic E-state index is 6.05. The van der Waals surface area contributed by atoms with Crippen LogP contribution in [-0.4, -0.2) is 73.4 Å². The molecule has 5 nitrogen and oxygen atoms in total. The van der Waals surface area contributed by atoms with Crippen molar-refractivity contribution in [3.63, 3.8) is 0 Å². The quantitative estimate of drug-likeness (QED) is 0.839. The summed E-state index contributed by atoms with van der Waals surface area (Å²) >= 11 is 0. The summed E-state index contributed by atoms with van der Waals surface area (Å²) in [6, 6.07) is 7.04. The lowest BCUT2D eigenvalue weighted by molar-refractivity contribution is 0.0284. The molecule has 1 atom stereocenters. The molecule has 0 bridgehead atoms. The van der Waals surface area contributed by atoms with Crippen LogP contribution in [0.2, 0.25) is 0 Å². The summed E-state index contributed by atoms with van der Waals surface area (Å²) < 4.78 is 11.6. The van der Waals surface area contributed by atoms with Crippen LogP contribution in [0.15, 0.2) is 18.2 Å². The predicted molar refractivity (Wildman–Crippen MR) is 97.5 cm³/mol. The van der Waals surface area contributed by atoms with Gasteiger partial charge < -0.3 is 9.47 Å². The van der Waals surface area contributed by atoms with Crippen LogP contribution >= 0.6 is 0 Å². The first kappa shape index (κ1) is 17.4. The molecule has 0 unspecified atom stereocenters. The number of aromatic nitrogens is 1. The Morgan fingerprint density at radius 2 is 2.00 bits per heavy atom. The van der Waals surface area contributed by atoms with Crippen molar-refractivity contribution in [2.75, 3.05) is 52.6 Å². The van der Waals surface area contributed by atoms with Crippen molar-refractivity contribution < 1.29 is 9.47 Å². The lowest BCUT2D eigenvalue weighted by atomic mass is 9.87. The van der Waals surface area contributed by atoms with Gasteiger partial charge in [0, 0.05) is 56.5 Å². The van der Waals surface area contributed by atoms with Gasteiger partial charge in [0.05, 0.1) is 18.9 Å². The molecule has 138 valence electrons. The zero-order valence-corrected chi connectivity index (χ0v) is 15.5. The van der Waals surface area contributed by atoms with Gasteiger partial charge in [0.25, 0.3) is 0 Å². The Labute approximate surface area is 151 Å². The zero-order valence-electron chi connectivity index (χ0n) is 15.5. The van der Waals surface area contributed by atoms with Crippen molar-refractivity contribution in [2.24, 2.45) is 5.41 Å². The van der Waals surface area contributed by atoms with Crippen LogP contribution in [0.1, 0.15) is 30.7 Å². The summed E-state index contributed by atoms with van der Waals surface area (Å²) in [5, 5.41) is 0. The Bertz CT molecular complexity index is 576. The third-order valence-corrected chi connectivity index (χ3v) is 6.03. The Morgan fingerprint density at radius 1 is 1.12 bits per heavy atom. The molecular formula is C20H31N3O2. The van der Waals surface area contributed by atoms with Gasteiger partial charge in [-0.05, 0) is 44.9 Å². The van der Waals surface area contributed by atoms with Crippen LogP contribution in [0, 0.1) is 12.3 Å². The predicted octanol–water partition coefficient (Wildman–Crippen LogP) is 2.09. The number of pyridine rings is 1. The standard InChI is InChI=1S/C20H31N3O2/c1-17-3-2-4-18(21-17)13-22-9-12-25-16-20(14-22)7-8-23(15-20)19-5-10-24-11-6-19/h2-4,19H,5-16H2,1H3/t20-/m1/s1. The molecule has 25 heavy (non-hydrogen) atoms. The minimum atomic E-state index is 0.290. The summed E-state index contributed by atoms with van der Waals surface area (Å²) in [7, 11) is 0. The van der Waals surface area contributed by atoms with Crippen molar-refractivity contribution in [3.05, 3.63) is 29.6 Å². The highest BCUT2D eigenvalue weighted by Gasteiger charge is 2.43. The van der Waals surface area contributed by atoms with Gasteiger partial charge in [0.1, 0.15) is 0 Å². The largest absolute Gasteiger partial charge is 0.381 e. The van der Waals surface area contributed by atoms with Crippen molar-refractivity contribution in [2.45, 2.75) is 38.8 Å². The van der Waals surface area contributed by atoms with E-state index in [9.17, 15) is 0 Å². The third-order valence-electron chi connectivity index (χ3n) is 6.03. The zero-order chi connectivity index (χ0) is 17.1. The fraction of sp³-hybridized carbons (Fsp3) is 0.750. The molecule has 3 aliphatic rings. The van der Waals surface area contributed by atoms with Gasteiger partial charge in [-0.25, -0.2) is 0 Å². The molecule has 3 saturated heterocycles. The van der Waals surface area contributed by atoms with Crippen LogP contribution in [0.5, 0.6) is 0 Å². The van der Waals surface area contributed by atoms with Gasteiger partial charge in [-0.3, -0.25) is 14.8 Å². The number of hydrogen-bond acceptors (Lipinski definition) is 5. The molecule has 1 aromatic rings. The molecule has 0 radical (unpaired) electrons. The van der Waals surface area contributed by atoms with Crippen molar-refractivity contribution in [1.29, 1.82) is 0 Å². The second kappa shape index (κ2) is 7.70. The molecular weight excluding hydrogens is 314 g/mol. The average Bonchev–Trinajstić information content (AvgIpc) is 2.93. The monoisotopic (exact) mass is 345 g/mol. The first-order valence-electron chi connectivity index (χ1n) is 9.77. The minimum absolute atomic E-state index is 0.290. The van der Waals surface area contributed by atoms with Crippen LogP contribution in [-0.2, 0) is 16.0 Å². The Kier molecular flexibility index (Phi) is 5.36. The Morgan fingerprint density at radius 3 is 2.84 bits per heavy atom. The molecule has 5 heteroatoms. The number of rotatable bonds is 3. The van der Waals surface area contributed by atoms with Crippen LogP contribution < -0.4 is 0 Å². The van der Waals surface area contributed by atoms with E-state index in [0.29, 0.717) is 11.5 Å². The van der Waals surface area contributed by atoms with E-state index in [1.165, 1.54) is 38.0 Å². The number of aryl methyl sites for hydroxylation is 1. The van der Waals surface area contributed by atoms with E-state index in [2.05, 4.69) is 34.9 Å². The fourth-order valence-electron chi connectivity index (χ4n) is 4.71. The number of likely N-dealkylation sites (tertiary alicyclic amines) is 1. The van der Waals surface area contributed by atoms with E-state index >= 15 is 0 Å². The second-order valence-electron chi connectivity index (χ2n) is 8.10. The van der Waals surface area contributed by atoms with Crippen LogP contribution in [0.3, 0.4) is 0 Å². The topological polar surface area (TPSA) is 37.8 Å². The van der Waals surface area contributed by atoms with Gasteiger partial charge in [-0.2, -0.15) is 0 Å². The molecule has 0 aromatic carbocycles. The molecule has 1 spiro atoms. The fourth-order valence-corrected chi connectivity index (χ4v) is 4.71. The molecule has 1 aromatic heterocycles. The van der Waals surface area contributed by atoms with E-state index in [1.807, 2.05) is 0 Å². The third kappa shape index (κ3) is 4.22. The summed E-state index contributed by atoms with van der Waals surface area (Å²) in [5.41, 5.74) is 2.57. The van der Waals surface area contributed by atoms with Crippen molar-refractivity contribution in [3.8, 4) is 0 Å².